The van der Waals surface area contributed by atoms with E-state index in [4.69, 9.17) is 5.73 Å². The lowest BCUT2D eigenvalue weighted by molar-refractivity contribution is 0.397. The number of benzene rings is 1. The number of nitrogen functional groups attached to an aromatic ring is 1. The minimum absolute atomic E-state index is 0.558. The molecule has 0 bridgehead atoms. The molecule has 2 rings (SSSR count). The molecule has 1 aromatic carbocycles. The Hall–Kier alpha value is -1.81. The predicted octanol–water partition coefficient (Wildman–Crippen LogP) is 1.72. The van der Waals surface area contributed by atoms with Gasteiger partial charge in [0.25, 0.3) is 0 Å². The number of hydrogen-bond acceptors (Lipinski definition) is 3. The normalized spacial score (nSPS) is 10.9. The summed E-state index contributed by atoms with van der Waals surface area (Å²) in [6.45, 7) is 0.800. The summed E-state index contributed by atoms with van der Waals surface area (Å²) in [6, 6.07) is 10.1. The Balaban J connectivity index is 2.43. The first kappa shape index (κ1) is 10.7. The van der Waals surface area contributed by atoms with Gasteiger partial charge in [0.1, 0.15) is 0 Å². The Morgan fingerprint density at radius 3 is 2.56 bits per heavy atom. The standard InChI is InChI=1S/C12H16N4/c1-16(2)8-10-11(12(13)15-14-10)9-6-4-3-5-7-9/h3-7H,8H2,1-2H3,(H3,13,14,15). The van der Waals surface area contributed by atoms with Crippen LogP contribution in [0.25, 0.3) is 11.1 Å². The molecular formula is C12H16N4. The van der Waals surface area contributed by atoms with Gasteiger partial charge < -0.3 is 10.6 Å². The van der Waals surface area contributed by atoms with E-state index in [9.17, 15) is 0 Å². The van der Waals surface area contributed by atoms with Gasteiger partial charge in [-0.05, 0) is 19.7 Å². The zero-order valence-electron chi connectivity index (χ0n) is 9.57. The van der Waals surface area contributed by atoms with Crippen LogP contribution in [0.4, 0.5) is 5.82 Å². The molecule has 4 heteroatoms. The van der Waals surface area contributed by atoms with E-state index in [0.717, 1.165) is 23.4 Å². The molecule has 0 saturated heterocycles. The van der Waals surface area contributed by atoms with E-state index in [1.807, 2.05) is 44.4 Å². The van der Waals surface area contributed by atoms with Crippen molar-refractivity contribution in [3.63, 3.8) is 0 Å². The molecular weight excluding hydrogens is 200 g/mol. The third kappa shape index (κ3) is 2.06. The molecule has 1 heterocycles. The lowest BCUT2D eigenvalue weighted by Crippen LogP contribution is -2.11. The van der Waals surface area contributed by atoms with Crippen molar-refractivity contribution in [2.75, 3.05) is 19.8 Å². The molecule has 0 spiro atoms. The maximum Gasteiger partial charge on any atom is 0.153 e. The minimum Gasteiger partial charge on any atom is -0.382 e. The summed E-state index contributed by atoms with van der Waals surface area (Å²) in [6.07, 6.45) is 0. The fraction of sp³-hybridized carbons (Fsp3) is 0.250. The highest BCUT2D eigenvalue weighted by atomic mass is 15.2. The SMILES string of the molecule is CN(C)Cc1[nH]nc(N)c1-c1ccccc1. The van der Waals surface area contributed by atoms with Gasteiger partial charge in [0.2, 0.25) is 0 Å². The fourth-order valence-electron chi connectivity index (χ4n) is 1.75. The van der Waals surface area contributed by atoms with E-state index in [1.165, 1.54) is 0 Å². The lowest BCUT2D eigenvalue weighted by atomic mass is 10.1. The molecule has 84 valence electrons. The first-order valence-corrected chi connectivity index (χ1v) is 5.21. The van der Waals surface area contributed by atoms with Crippen molar-refractivity contribution >= 4 is 5.82 Å². The third-order valence-electron chi connectivity index (χ3n) is 2.41. The average Bonchev–Trinajstić information content (AvgIpc) is 2.60. The van der Waals surface area contributed by atoms with Crippen molar-refractivity contribution in [2.45, 2.75) is 6.54 Å². The van der Waals surface area contributed by atoms with Crippen molar-refractivity contribution in [1.82, 2.24) is 15.1 Å². The second kappa shape index (κ2) is 4.37. The number of aromatic nitrogens is 2. The summed E-state index contributed by atoms with van der Waals surface area (Å²) >= 11 is 0. The Morgan fingerprint density at radius 2 is 1.94 bits per heavy atom. The summed E-state index contributed by atoms with van der Waals surface area (Å²) in [4.78, 5) is 2.08. The zero-order chi connectivity index (χ0) is 11.5. The van der Waals surface area contributed by atoms with Gasteiger partial charge in [0.05, 0.1) is 5.69 Å². The molecule has 0 aliphatic heterocycles. The summed E-state index contributed by atoms with van der Waals surface area (Å²) in [7, 11) is 4.04. The van der Waals surface area contributed by atoms with Gasteiger partial charge in [0, 0.05) is 12.1 Å². The number of nitrogens with zero attached hydrogens (tertiary/aromatic N) is 2. The third-order valence-corrected chi connectivity index (χ3v) is 2.41. The highest BCUT2D eigenvalue weighted by molar-refractivity contribution is 5.76. The Kier molecular flexibility index (Phi) is 2.92. The summed E-state index contributed by atoms with van der Waals surface area (Å²) in [5.74, 6) is 0.558. The lowest BCUT2D eigenvalue weighted by Gasteiger charge is -2.09. The van der Waals surface area contributed by atoms with Crippen LogP contribution in [0, 0.1) is 0 Å². The Bertz CT molecular complexity index is 459. The highest BCUT2D eigenvalue weighted by Gasteiger charge is 2.12. The number of anilines is 1. The van der Waals surface area contributed by atoms with Crippen LogP contribution in [0.1, 0.15) is 5.69 Å². The zero-order valence-corrected chi connectivity index (χ0v) is 9.57. The summed E-state index contributed by atoms with van der Waals surface area (Å²) < 4.78 is 0. The monoisotopic (exact) mass is 216 g/mol. The van der Waals surface area contributed by atoms with E-state index < -0.39 is 0 Å². The van der Waals surface area contributed by atoms with Crippen molar-refractivity contribution in [3.05, 3.63) is 36.0 Å². The molecule has 0 unspecified atom stereocenters. The minimum atomic E-state index is 0.558. The van der Waals surface area contributed by atoms with Crippen molar-refractivity contribution in [3.8, 4) is 11.1 Å². The largest absolute Gasteiger partial charge is 0.382 e. The molecule has 16 heavy (non-hydrogen) atoms. The van der Waals surface area contributed by atoms with Gasteiger partial charge in [-0.3, -0.25) is 5.10 Å². The molecule has 0 radical (unpaired) electrons. The molecule has 0 amide bonds. The van der Waals surface area contributed by atoms with Crippen LogP contribution in [-0.2, 0) is 6.54 Å². The van der Waals surface area contributed by atoms with E-state index in [-0.39, 0.29) is 0 Å². The van der Waals surface area contributed by atoms with Gasteiger partial charge in [-0.2, -0.15) is 5.10 Å². The Labute approximate surface area is 95.1 Å². The second-order valence-corrected chi connectivity index (χ2v) is 4.07. The van der Waals surface area contributed by atoms with Crippen molar-refractivity contribution < 1.29 is 0 Å². The van der Waals surface area contributed by atoms with Crippen LogP contribution in [0.15, 0.2) is 30.3 Å². The number of nitrogens with two attached hydrogens (primary N) is 1. The summed E-state index contributed by atoms with van der Waals surface area (Å²) in [5.41, 5.74) is 9.05. The molecule has 3 N–H and O–H groups in total. The second-order valence-electron chi connectivity index (χ2n) is 4.07. The van der Waals surface area contributed by atoms with Crippen LogP contribution < -0.4 is 5.73 Å². The van der Waals surface area contributed by atoms with Crippen LogP contribution in [0.3, 0.4) is 0 Å². The molecule has 1 aromatic heterocycles. The molecule has 0 saturated carbocycles. The number of hydrogen-bond donors (Lipinski definition) is 2. The van der Waals surface area contributed by atoms with Gasteiger partial charge in [0.15, 0.2) is 5.82 Å². The fourth-order valence-corrected chi connectivity index (χ4v) is 1.75. The molecule has 0 atom stereocenters. The maximum atomic E-state index is 5.89. The first-order valence-electron chi connectivity index (χ1n) is 5.21. The van der Waals surface area contributed by atoms with Crippen LogP contribution in [0.2, 0.25) is 0 Å². The quantitative estimate of drug-likeness (QED) is 0.821. The molecule has 0 aliphatic rings. The molecule has 4 nitrogen and oxygen atoms in total. The van der Waals surface area contributed by atoms with E-state index >= 15 is 0 Å². The van der Waals surface area contributed by atoms with Crippen molar-refractivity contribution in [1.29, 1.82) is 0 Å². The van der Waals surface area contributed by atoms with Gasteiger partial charge in [-0.15, -0.1) is 0 Å². The van der Waals surface area contributed by atoms with E-state index in [2.05, 4.69) is 15.1 Å². The van der Waals surface area contributed by atoms with E-state index in [0.29, 0.717) is 5.82 Å². The first-order chi connectivity index (χ1) is 7.68. The molecule has 0 fully saturated rings. The summed E-state index contributed by atoms with van der Waals surface area (Å²) in [5, 5.41) is 7.06. The number of H-pyrrole nitrogens is 1. The van der Waals surface area contributed by atoms with Crippen LogP contribution in [-0.4, -0.2) is 29.2 Å². The Morgan fingerprint density at radius 1 is 1.25 bits per heavy atom. The number of aromatic amines is 1. The molecule has 2 aromatic rings. The van der Waals surface area contributed by atoms with Gasteiger partial charge >= 0.3 is 0 Å². The highest BCUT2D eigenvalue weighted by Crippen LogP contribution is 2.27. The smallest absolute Gasteiger partial charge is 0.153 e. The maximum absolute atomic E-state index is 5.89. The van der Waals surface area contributed by atoms with E-state index in [1.54, 1.807) is 0 Å². The number of rotatable bonds is 3. The topological polar surface area (TPSA) is 57.9 Å². The average molecular weight is 216 g/mol. The van der Waals surface area contributed by atoms with Crippen molar-refractivity contribution in [2.24, 2.45) is 0 Å². The predicted molar refractivity (Wildman–Crippen MR) is 65.8 cm³/mol. The number of nitrogens with one attached hydrogen (secondary N) is 1. The van der Waals surface area contributed by atoms with Crippen LogP contribution in [0.5, 0.6) is 0 Å². The molecule has 0 aliphatic carbocycles. The van der Waals surface area contributed by atoms with Gasteiger partial charge in [-0.1, -0.05) is 30.3 Å². The van der Waals surface area contributed by atoms with Crippen LogP contribution >= 0.6 is 0 Å². The van der Waals surface area contributed by atoms with Gasteiger partial charge in [-0.25, -0.2) is 0 Å².